The fourth-order valence-corrected chi connectivity index (χ4v) is 4.72. The van der Waals surface area contributed by atoms with Crippen LogP contribution in [-0.2, 0) is 0 Å². The molecule has 0 amide bonds. The Hall–Kier alpha value is -3.21. The van der Waals surface area contributed by atoms with Crippen LogP contribution in [-0.4, -0.2) is 10.6 Å². The topological polar surface area (TPSA) is 58.7 Å². The van der Waals surface area contributed by atoms with E-state index < -0.39 is 0 Å². The summed E-state index contributed by atoms with van der Waals surface area (Å²) >= 11 is 0. The number of nitrogens with zero attached hydrogens (tertiary/aromatic N) is 3. The maximum atomic E-state index is 11.0. The van der Waals surface area contributed by atoms with Crippen molar-refractivity contribution in [2.75, 3.05) is 5.01 Å². The number of para-hydroxylation sites is 1. The van der Waals surface area contributed by atoms with Gasteiger partial charge in [0.2, 0.25) is 0 Å². The van der Waals surface area contributed by atoms with Gasteiger partial charge in [-0.15, -0.1) is 0 Å². The van der Waals surface area contributed by atoms with Crippen LogP contribution < -0.4 is 5.01 Å². The zero-order valence-electron chi connectivity index (χ0n) is 18.4. The minimum absolute atomic E-state index is 0.0114. The van der Waals surface area contributed by atoms with Gasteiger partial charge in [0, 0.05) is 18.6 Å². The van der Waals surface area contributed by atoms with Crippen LogP contribution in [0.1, 0.15) is 58.1 Å². The summed E-state index contributed by atoms with van der Waals surface area (Å²) in [6, 6.07) is 16.9. The third kappa shape index (κ3) is 4.46. The maximum Gasteiger partial charge on any atom is 0.269 e. The van der Waals surface area contributed by atoms with Crippen molar-refractivity contribution in [1.82, 2.24) is 0 Å². The van der Waals surface area contributed by atoms with Gasteiger partial charge in [0.1, 0.15) is 0 Å². The molecule has 5 nitrogen and oxygen atoms in total. The summed E-state index contributed by atoms with van der Waals surface area (Å²) in [5, 5.41) is 18.0. The third-order valence-electron chi connectivity index (χ3n) is 6.43. The van der Waals surface area contributed by atoms with Gasteiger partial charge < -0.3 is 0 Å². The summed E-state index contributed by atoms with van der Waals surface area (Å²) in [7, 11) is 0. The van der Waals surface area contributed by atoms with Crippen molar-refractivity contribution in [3.8, 4) is 0 Å². The molecule has 2 aromatic carbocycles. The molecule has 0 saturated carbocycles. The Balaban J connectivity index is 1.65. The molecule has 1 unspecified atom stereocenters. The first-order valence-electron chi connectivity index (χ1n) is 10.9. The number of hydrogen-bond acceptors (Lipinski definition) is 4. The average Bonchev–Trinajstić information content (AvgIpc) is 3.18. The third-order valence-corrected chi connectivity index (χ3v) is 6.43. The number of benzene rings is 2. The number of rotatable bonds is 5. The van der Waals surface area contributed by atoms with Crippen LogP contribution in [0, 0.1) is 15.5 Å². The molecule has 2 aromatic rings. The molecule has 0 aromatic heterocycles. The number of nitro benzene ring substituents is 1. The Morgan fingerprint density at radius 3 is 2.45 bits per heavy atom. The van der Waals surface area contributed by atoms with Crippen molar-refractivity contribution in [2.24, 2.45) is 10.5 Å². The SMILES string of the molecule is CC1=C(/C=C/C2=NN(c3ccccc3)C(c3ccc([N+](=O)[O-])cc3)C2)C(C)(C)CCC1. The lowest BCUT2D eigenvalue weighted by Gasteiger charge is -2.32. The molecule has 1 aliphatic carbocycles. The Kier molecular flexibility index (Phi) is 5.77. The summed E-state index contributed by atoms with van der Waals surface area (Å²) in [6.07, 6.45) is 8.80. The molecule has 1 aliphatic heterocycles. The van der Waals surface area contributed by atoms with Crippen LogP contribution in [0.15, 0.2) is 83.0 Å². The van der Waals surface area contributed by atoms with E-state index in [-0.39, 0.29) is 22.1 Å². The van der Waals surface area contributed by atoms with Crippen molar-refractivity contribution < 1.29 is 4.92 Å². The van der Waals surface area contributed by atoms with E-state index in [1.807, 2.05) is 47.5 Å². The summed E-state index contributed by atoms with van der Waals surface area (Å²) < 4.78 is 0. The summed E-state index contributed by atoms with van der Waals surface area (Å²) in [5.74, 6) is 0. The number of allylic oxidation sites excluding steroid dienone is 4. The van der Waals surface area contributed by atoms with Crippen LogP contribution in [0.25, 0.3) is 0 Å². The van der Waals surface area contributed by atoms with Crippen LogP contribution in [0.4, 0.5) is 11.4 Å². The molecule has 0 spiro atoms. The maximum absolute atomic E-state index is 11.0. The molecule has 0 fully saturated rings. The first-order valence-corrected chi connectivity index (χ1v) is 10.9. The van der Waals surface area contributed by atoms with E-state index in [0.29, 0.717) is 0 Å². The Morgan fingerprint density at radius 1 is 1.10 bits per heavy atom. The van der Waals surface area contributed by atoms with Gasteiger partial charge in [0.15, 0.2) is 0 Å². The van der Waals surface area contributed by atoms with Crippen LogP contribution >= 0.6 is 0 Å². The first kappa shape index (κ1) is 21.0. The molecule has 31 heavy (non-hydrogen) atoms. The second kappa shape index (κ2) is 8.50. The quantitative estimate of drug-likeness (QED) is 0.391. The van der Waals surface area contributed by atoms with E-state index in [9.17, 15) is 10.1 Å². The van der Waals surface area contributed by atoms with E-state index in [0.717, 1.165) is 29.8 Å². The van der Waals surface area contributed by atoms with E-state index in [1.165, 1.54) is 24.0 Å². The number of hydrogen-bond donors (Lipinski definition) is 0. The van der Waals surface area contributed by atoms with Gasteiger partial charge >= 0.3 is 0 Å². The van der Waals surface area contributed by atoms with E-state index in [4.69, 9.17) is 5.10 Å². The van der Waals surface area contributed by atoms with Crippen molar-refractivity contribution in [1.29, 1.82) is 0 Å². The standard InChI is InChI=1S/C26H29N3O2/c1-19-8-7-17-26(2,3)24(19)16-13-21-18-25(20-11-14-23(15-12-20)29(30)31)28(27-21)22-9-5-4-6-10-22/h4-6,9-16,25H,7-8,17-18H2,1-3H3/b16-13+. The van der Waals surface area contributed by atoms with Gasteiger partial charge in [-0.1, -0.05) is 55.8 Å². The lowest BCUT2D eigenvalue weighted by Crippen LogP contribution is -2.19. The van der Waals surface area contributed by atoms with Gasteiger partial charge in [-0.05, 0) is 60.9 Å². The molecule has 4 rings (SSSR count). The zero-order chi connectivity index (χ0) is 22.0. The molecule has 0 saturated heterocycles. The van der Waals surface area contributed by atoms with Crippen molar-refractivity contribution >= 4 is 17.1 Å². The average molecular weight is 416 g/mol. The fraction of sp³-hybridized carbons (Fsp3) is 0.346. The summed E-state index contributed by atoms with van der Waals surface area (Å²) in [4.78, 5) is 10.7. The Morgan fingerprint density at radius 2 is 1.81 bits per heavy atom. The van der Waals surface area contributed by atoms with Crippen LogP contribution in [0.5, 0.6) is 0 Å². The fourth-order valence-electron chi connectivity index (χ4n) is 4.72. The van der Waals surface area contributed by atoms with Gasteiger partial charge in [0.25, 0.3) is 5.69 Å². The highest BCUT2D eigenvalue weighted by atomic mass is 16.6. The summed E-state index contributed by atoms with van der Waals surface area (Å²) in [5.41, 5.74) is 6.25. The normalized spacial score (nSPS) is 20.9. The molecule has 160 valence electrons. The summed E-state index contributed by atoms with van der Waals surface area (Å²) in [6.45, 7) is 6.89. The number of nitro groups is 1. The monoisotopic (exact) mass is 415 g/mol. The smallest absolute Gasteiger partial charge is 0.258 e. The minimum Gasteiger partial charge on any atom is -0.258 e. The Labute approximate surface area is 183 Å². The molecule has 0 radical (unpaired) electrons. The largest absolute Gasteiger partial charge is 0.269 e. The minimum atomic E-state index is -0.361. The highest BCUT2D eigenvalue weighted by Crippen LogP contribution is 2.41. The van der Waals surface area contributed by atoms with Crippen LogP contribution in [0.2, 0.25) is 0 Å². The lowest BCUT2D eigenvalue weighted by molar-refractivity contribution is -0.384. The molecular weight excluding hydrogens is 386 g/mol. The highest BCUT2D eigenvalue weighted by Gasteiger charge is 2.30. The van der Waals surface area contributed by atoms with Crippen molar-refractivity contribution in [3.05, 3.63) is 93.6 Å². The van der Waals surface area contributed by atoms with E-state index in [1.54, 1.807) is 12.1 Å². The predicted octanol–water partition coefficient (Wildman–Crippen LogP) is 6.99. The predicted molar refractivity (Wildman–Crippen MR) is 126 cm³/mol. The zero-order valence-corrected chi connectivity index (χ0v) is 18.4. The number of anilines is 1. The van der Waals surface area contributed by atoms with Crippen LogP contribution in [0.3, 0.4) is 0 Å². The van der Waals surface area contributed by atoms with Gasteiger partial charge in [-0.2, -0.15) is 5.10 Å². The van der Waals surface area contributed by atoms with Gasteiger partial charge in [0.05, 0.1) is 22.4 Å². The lowest BCUT2D eigenvalue weighted by atomic mass is 9.72. The van der Waals surface area contributed by atoms with E-state index >= 15 is 0 Å². The highest BCUT2D eigenvalue weighted by molar-refractivity contribution is 5.98. The Bertz CT molecular complexity index is 1050. The first-order chi connectivity index (χ1) is 14.8. The number of hydrazone groups is 1. The molecule has 0 bridgehead atoms. The van der Waals surface area contributed by atoms with Crippen molar-refractivity contribution in [2.45, 2.75) is 52.5 Å². The van der Waals surface area contributed by atoms with Gasteiger partial charge in [-0.25, -0.2) is 0 Å². The second-order valence-electron chi connectivity index (χ2n) is 9.10. The van der Waals surface area contributed by atoms with Crippen molar-refractivity contribution in [3.63, 3.8) is 0 Å². The number of non-ortho nitro benzene ring substituents is 1. The molecule has 0 N–H and O–H groups in total. The van der Waals surface area contributed by atoms with E-state index in [2.05, 4.69) is 32.9 Å². The second-order valence-corrected chi connectivity index (χ2v) is 9.10. The molecule has 1 heterocycles. The molecule has 1 atom stereocenters. The molecular formula is C26H29N3O2. The molecule has 5 heteroatoms. The van der Waals surface area contributed by atoms with Gasteiger partial charge in [-0.3, -0.25) is 15.1 Å². The molecule has 2 aliphatic rings.